The number of nitrogens with one attached hydrogen (secondary N) is 1. The molecule has 1 aliphatic rings. The highest BCUT2D eigenvalue weighted by Crippen LogP contribution is 2.43. The first-order valence-corrected chi connectivity index (χ1v) is 6.07. The monoisotopic (exact) mass is 223 g/mol. The summed E-state index contributed by atoms with van der Waals surface area (Å²) >= 11 is 0. The molecule has 3 nitrogen and oxygen atoms in total. The van der Waals surface area contributed by atoms with Crippen LogP contribution in [-0.2, 0) is 0 Å². The van der Waals surface area contributed by atoms with Crippen molar-refractivity contribution in [2.75, 3.05) is 0 Å². The largest absolute Gasteiger partial charge is 0.339 e. The van der Waals surface area contributed by atoms with Crippen LogP contribution >= 0.6 is 0 Å². The van der Waals surface area contributed by atoms with Gasteiger partial charge < -0.3 is 4.98 Å². The molecule has 2 aromatic heterocycles. The molecule has 0 aliphatic heterocycles. The van der Waals surface area contributed by atoms with Crippen LogP contribution in [0.5, 0.6) is 0 Å². The van der Waals surface area contributed by atoms with Crippen LogP contribution in [0.2, 0.25) is 0 Å². The lowest BCUT2D eigenvalue weighted by atomic mass is 10.1. The summed E-state index contributed by atoms with van der Waals surface area (Å²) in [7, 11) is 0. The van der Waals surface area contributed by atoms with Gasteiger partial charge in [0.1, 0.15) is 11.5 Å². The fraction of sp³-hybridized carbons (Fsp3) is 0.286. The van der Waals surface area contributed by atoms with Crippen LogP contribution in [0.25, 0.3) is 21.9 Å². The van der Waals surface area contributed by atoms with Gasteiger partial charge in [-0.1, -0.05) is 18.2 Å². The van der Waals surface area contributed by atoms with E-state index in [1.165, 1.54) is 29.3 Å². The first-order valence-electron chi connectivity index (χ1n) is 6.07. The molecule has 1 aliphatic carbocycles. The molecule has 0 amide bonds. The second kappa shape index (κ2) is 3.06. The zero-order chi connectivity index (χ0) is 11.4. The molecule has 1 N–H and O–H groups in total. The van der Waals surface area contributed by atoms with E-state index < -0.39 is 0 Å². The van der Waals surface area contributed by atoms with E-state index in [9.17, 15) is 0 Å². The number of aromatic amines is 1. The molecule has 3 aromatic rings. The van der Waals surface area contributed by atoms with Gasteiger partial charge >= 0.3 is 0 Å². The van der Waals surface area contributed by atoms with E-state index in [0.717, 1.165) is 22.8 Å². The van der Waals surface area contributed by atoms with E-state index in [-0.39, 0.29) is 0 Å². The summed E-state index contributed by atoms with van der Waals surface area (Å²) in [4.78, 5) is 12.2. The number of aromatic nitrogens is 3. The quantitative estimate of drug-likeness (QED) is 0.687. The number of benzene rings is 1. The van der Waals surface area contributed by atoms with E-state index in [0.29, 0.717) is 0 Å². The molecule has 1 fully saturated rings. The van der Waals surface area contributed by atoms with Gasteiger partial charge in [0.05, 0.1) is 5.52 Å². The molecule has 3 heteroatoms. The van der Waals surface area contributed by atoms with E-state index in [2.05, 4.69) is 33.2 Å². The summed E-state index contributed by atoms with van der Waals surface area (Å²) in [6, 6.07) is 6.53. The van der Waals surface area contributed by atoms with Crippen LogP contribution < -0.4 is 0 Å². The third kappa shape index (κ3) is 1.28. The molecule has 0 radical (unpaired) electrons. The number of aryl methyl sites for hydroxylation is 1. The van der Waals surface area contributed by atoms with Gasteiger partial charge in [0.25, 0.3) is 0 Å². The Bertz CT molecular complexity index is 723. The zero-order valence-electron chi connectivity index (χ0n) is 9.70. The fourth-order valence-electron chi connectivity index (χ4n) is 2.55. The van der Waals surface area contributed by atoms with Crippen LogP contribution in [0, 0.1) is 6.92 Å². The summed E-state index contributed by atoms with van der Waals surface area (Å²) in [5, 5.41) is 2.39. The van der Waals surface area contributed by atoms with Crippen molar-refractivity contribution >= 4 is 21.9 Å². The molecule has 84 valence electrons. The van der Waals surface area contributed by atoms with Crippen molar-refractivity contribution in [2.24, 2.45) is 0 Å². The SMILES string of the molecule is Cc1ncc2c(n1)[nH]c1c(C3CC3)cccc12. The molecule has 0 bridgehead atoms. The van der Waals surface area contributed by atoms with Gasteiger partial charge in [-0.3, -0.25) is 0 Å². The van der Waals surface area contributed by atoms with Gasteiger partial charge in [-0.15, -0.1) is 0 Å². The Morgan fingerprint density at radius 3 is 2.94 bits per heavy atom. The molecule has 2 heterocycles. The van der Waals surface area contributed by atoms with Crippen molar-refractivity contribution < 1.29 is 0 Å². The first kappa shape index (κ1) is 9.16. The van der Waals surface area contributed by atoms with Crippen molar-refractivity contribution in [3.63, 3.8) is 0 Å². The van der Waals surface area contributed by atoms with Crippen molar-refractivity contribution in [3.05, 3.63) is 35.8 Å². The number of para-hydroxylation sites is 1. The molecular formula is C14H13N3. The number of hydrogen-bond acceptors (Lipinski definition) is 2. The van der Waals surface area contributed by atoms with Crippen LogP contribution in [0.1, 0.15) is 30.1 Å². The highest BCUT2D eigenvalue weighted by molar-refractivity contribution is 6.06. The van der Waals surface area contributed by atoms with E-state index in [4.69, 9.17) is 0 Å². The van der Waals surface area contributed by atoms with Gasteiger partial charge in [0, 0.05) is 17.0 Å². The predicted molar refractivity (Wildman–Crippen MR) is 68.1 cm³/mol. The molecular weight excluding hydrogens is 210 g/mol. The predicted octanol–water partition coefficient (Wildman–Crippen LogP) is 3.30. The lowest BCUT2D eigenvalue weighted by molar-refractivity contribution is 1.08. The summed E-state index contributed by atoms with van der Waals surface area (Å²) in [6.07, 6.45) is 4.56. The molecule has 0 unspecified atom stereocenters. The van der Waals surface area contributed by atoms with Crippen LogP contribution in [0.4, 0.5) is 0 Å². The number of rotatable bonds is 1. The van der Waals surface area contributed by atoms with Gasteiger partial charge in [0.2, 0.25) is 0 Å². The Balaban J connectivity index is 2.14. The van der Waals surface area contributed by atoms with E-state index >= 15 is 0 Å². The zero-order valence-corrected chi connectivity index (χ0v) is 9.70. The fourth-order valence-corrected chi connectivity index (χ4v) is 2.55. The van der Waals surface area contributed by atoms with Gasteiger partial charge in [0.15, 0.2) is 0 Å². The standard InChI is InChI=1S/C14H13N3/c1-8-15-7-12-11-4-2-3-10(9-5-6-9)13(11)17-14(12)16-8/h2-4,7,9H,5-6H2,1H3,(H,15,16,17). The highest BCUT2D eigenvalue weighted by atomic mass is 14.9. The third-order valence-electron chi connectivity index (χ3n) is 3.56. The van der Waals surface area contributed by atoms with E-state index in [1.807, 2.05) is 13.1 Å². The summed E-state index contributed by atoms with van der Waals surface area (Å²) in [5.74, 6) is 1.57. The van der Waals surface area contributed by atoms with Gasteiger partial charge in [-0.2, -0.15) is 0 Å². The minimum atomic E-state index is 0.751. The Labute approximate surface area is 98.9 Å². The Morgan fingerprint density at radius 2 is 2.12 bits per heavy atom. The van der Waals surface area contributed by atoms with Gasteiger partial charge in [-0.25, -0.2) is 9.97 Å². The maximum atomic E-state index is 4.47. The van der Waals surface area contributed by atoms with E-state index in [1.54, 1.807) is 0 Å². The highest BCUT2D eigenvalue weighted by Gasteiger charge is 2.26. The average molecular weight is 223 g/mol. The third-order valence-corrected chi connectivity index (χ3v) is 3.56. The molecule has 1 saturated carbocycles. The number of fused-ring (bicyclic) bond motifs is 3. The maximum absolute atomic E-state index is 4.47. The van der Waals surface area contributed by atoms with Crippen LogP contribution in [0.15, 0.2) is 24.4 Å². The van der Waals surface area contributed by atoms with Crippen molar-refractivity contribution in [3.8, 4) is 0 Å². The number of nitrogens with zero attached hydrogens (tertiary/aromatic N) is 2. The maximum Gasteiger partial charge on any atom is 0.142 e. The Kier molecular flexibility index (Phi) is 1.65. The van der Waals surface area contributed by atoms with Crippen molar-refractivity contribution in [1.29, 1.82) is 0 Å². The van der Waals surface area contributed by atoms with Crippen LogP contribution in [0.3, 0.4) is 0 Å². The first-order chi connectivity index (χ1) is 8.33. The van der Waals surface area contributed by atoms with Crippen LogP contribution in [-0.4, -0.2) is 15.0 Å². The topological polar surface area (TPSA) is 41.6 Å². The van der Waals surface area contributed by atoms with Gasteiger partial charge in [-0.05, 0) is 31.2 Å². The smallest absolute Gasteiger partial charge is 0.142 e. The minimum Gasteiger partial charge on any atom is -0.339 e. The molecule has 1 aromatic carbocycles. The second-order valence-electron chi connectivity index (χ2n) is 4.85. The number of H-pyrrole nitrogens is 1. The molecule has 0 atom stereocenters. The Morgan fingerprint density at radius 1 is 1.24 bits per heavy atom. The normalized spacial score (nSPS) is 15.8. The second-order valence-corrected chi connectivity index (χ2v) is 4.85. The summed E-state index contributed by atoms with van der Waals surface area (Å²) < 4.78 is 0. The molecule has 4 rings (SSSR count). The molecule has 0 saturated heterocycles. The molecule has 17 heavy (non-hydrogen) atoms. The summed E-state index contributed by atoms with van der Waals surface area (Å²) in [5.41, 5.74) is 3.66. The summed E-state index contributed by atoms with van der Waals surface area (Å²) in [6.45, 7) is 1.92. The lowest BCUT2D eigenvalue weighted by Crippen LogP contribution is -1.85. The average Bonchev–Trinajstić information content (AvgIpc) is 3.09. The molecule has 0 spiro atoms. The Hall–Kier alpha value is -1.90. The minimum absolute atomic E-state index is 0.751. The number of hydrogen-bond donors (Lipinski definition) is 1. The van der Waals surface area contributed by atoms with Crippen molar-refractivity contribution in [1.82, 2.24) is 15.0 Å². The van der Waals surface area contributed by atoms with Crippen molar-refractivity contribution in [2.45, 2.75) is 25.7 Å². The lowest BCUT2D eigenvalue weighted by Gasteiger charge is -1.99.